The Morgan fingerprint density at radius 2 is 1.79 bits per heavy atom. The summed E-state index contributed by atoms with van der Waals surface area (Å²) in [4.78, 5) is 2.46. The van der Waals surface area contributed by atoms with Crippen LogP contribution in [0.25, 0.3) is 0 Å². The van der Waals surface area contributed by atoms with E-state index < -0.39 is 0 Å². The van der Waals surface area contributed by atoms with Gasteiger partial charge in [-0.05, 0) is 76.1 Å². The predicted molar refractivity (Wildman–Crippen MR) is 102 cm³/mol. The average molecular weight is 332 g/mol. The highest BCUT2D eigenvalue weighted by molar-refractivity contribution is 5.61. The second kappa shape index (κ2) is 7.75. The third-order valence-electron chi connectivity index (χ3n) is 5.44. The molecule has 1 heterocycles. The number of anilines is 2. The van der Waals surface area contributed by atoms with Crippen molar-refractivity contribution in [2.45, 2.75) is 64.7 Å². The molecule has 0 radical (unpaired) electrons. The Hall–Kier alpha value is -1.26. The van der Waals surface area contributed by atoms with Crippen LogP contribution in [0.1, 0.15) is 45.1 Å². The highest BCUT2D eigenvalue weighted by Crippen LogP contribution is 2.28. The first-order chi connectivity index (χ1) is 11.5. The second-order valence-electron chi connectivity index (χ2n) is 7.83. The monoisotopic (exact) mass is 331 g/mol. The predicted octanol–water partition coefficient (Wildman–Crippen LogP) is 3.54. The van der Waals surface area contributed by atoms with E-state index in [0.717, 1.165) is 25.6 Å². The van der Waals surface area contributed by atoms with E-state index in [1.54, 1.807) is 0 Å². The molecule has 3 rings (SSSR count). The molecule has 1 aliphatic heterocycles. The summed E-state index contributed by atoms with van der Waals surface area (Å²) in [5.41, 5.74) is 9.91. The van der Waals surface area contributed by atoms with Gasteiger partial charge < -0.3 is 20.7 Å². The molecule has 0 aromatic heterocycles. The van der Waals surface area contributed by atoms with E-state index in [9.17, 15) is 0 Å². The van der Waals surface area contributed by atoms with Crippen LogP contribution in [0, 0.1) is 12.8 Å². The Kier molecular flexibility index (Phi) is 5.67. The molecule has 0 amide bonds. The number of aryl methyl sites for hydroxylation is 1. The molecule has 0 spiro atoms. The van der Waals surface area contributed by atoms with E-state index in [1.165, 1.54) is 42.6 Å². The molecular formula is C20H33N3O. The van der Waals surface area contributed by atoms with Crippen molar-refractivity contribution in [1.82, 2.24) is 0 Å². The number of hydrogen-bond acceptors (Lipinski definition) is 4. The first kappa shape index (κ1) is 17.6. The van der Waals surface area contributed by atoms with Gasteiger partial charge in [-0.2, -0.15) is 0 Å². The van der Waals surface area contributed by atoms with E-state index >= 15 is 0 Å². The van der Waals surface area contributed by atoms with E-state index in [0.29, 0.717) is 18.2 Å². The fourth-order valence-corrected chi connectivity index (χ4v) is 4.15. The largest absolute Gasteiger partial charge is 0.385 e. The normalized spacial score (nSPS) is 31.1. The number of hydrogen-bond donors (Lipinski definition) is 2. The lowest BCUT2D eigenvalue weighted by Crippen LogP contribution is -2.45. The van der Waals surface area contributed by atoms with E-state index in [-0.39, 0.29) is 0 Å². The summed E-state index contributed by atoms with van der Waals surface area (Å²) in [7, 11) is 0. The minimum absolute atomic E-state index is 0.295. The van der Waals surface area contributed by atoms with Crippen LogP contribution in [0.15, 0.2) is 18.2 Å². The molecule has 3 N–H and O–H groups in total. The molecular weight excluding hydrogens is 298 g/mol. The first-order valence-electron chi connectivity index (χ1n) is 9.51. The molecule has 1 saturated heterocycles. The van der Waals surface area contributed by atoms with Crippen LogP contribution in [0.5, 0.6) is 0 Å². The average Bonchev–Trinajstić information content (AvgIpc) is 2.53. The Morgan fingerprint density at radius 3 is 2.42 bits per heavy atom. The van der Waals surface area contributed by atoms with Crippen LogP contribution < -0.4 is 16.0 Å². The zero-order chi connectivity index (χ0) is 17.1. The Labute approximate surface area is 146 Å². The molecule has 4 heteroatoms. The quantitative estimate of drug-likeness (QED) is 0.886. The van der Waals surface area contributed by atoms with Crippen molar-refractivity contribution < 1.29 is 4.74 Å². The molecule has 24 heavy (non-hydrogen) atoms. The molecule has 0 unspecified atom stereocenters. The molecule has 0 bridgehead atoms. The summed E-state index contributed by atoms with van der Waals surface area (Å²) in [5.74, 6) is 0.769. The number of morpholine rings is 1. The van der Waals surface area contributed by atoms with Crippen molar-refractivity contribution in [3.8, 4) is 0 Å². The van der Waals surface area contributed by atoms with Gasteiger partial charge in [-0.1, -0.05) is 0 Å². The van der Waals surface area contributed by atoms with Crippen molar-refractivity contribution in [3.05, 3.63) is 23.8 Å². The van der Waals surface area contributed by atoms with Gasteiger partial charge in [0.2, 0.25) is 0 Å². The molecule has 1 aliphatic carbocycles. The highest BCUT2D eigenvalue weighted by atomic mass is 16.5. The van der Waals surface area contributed by atoms with Crippen LogP contribution in [-0.4, -0.2) is 37.9 Å². The molecule has 2 atom stereocenters. The van der Waals surface area contributed by atoms with Gasteiger partial charge in [-0.3, -0.25) is 0 Å². The molecule has 134 valence electrons. The number of rotatable bonds is 4. The van der Waals surface area contributed by atoms with E-state index in [4.69, 9.17) is 10.5 Å². The van der Waals surface area contributed by atoms with Crippen molar-refractivity contribution in [1.29, 1.82) is 0 Å². The highest BCUT2D eigenvalue weighted by Gasteiger charge is 2.23. The van der Waals surface area contributed by atoms with Gasteiger partial charge in [0.15, 0.2) is 0 Å². The smallest absolute Gasteiger partial charge is 0.0726 e. The summed E-state index contributed by atoms with van der Waals surface area (Å²) in [6.07, 6.45) is 5.46. The van der Waals surface area contributed by atoms with Crippen LogP contribution in [0.2, 0.25) is 0 Å². The van der Waals surface area contributed by atoms with Crippen LogP contribution in [-0.2, 0) is 4.74 Å². The van der Waals surface area contributed by atoms with Crippen molar-refractivity contribution in [2.75, 3.05) is 29.9 Å². The zero-order valence-electron chi connectivity index (χ0n) is 15.4. The lowest BCUT2D eigenvalue weighted by Gasteiger charge is -2.37. The fraction of sp³-hybridized carbons (Fsp3) is 0.700. The van der Waals surface area contributed by atoms with Gasteiger partial charge in [0, 0.05) is 37.1 Å². The number of benzene rings is 1. The first-order valence-corrected chi connectivity index (χ1v) is 9.51. The minimum Gasteiger partial charge on any atom is -0.385 e. The van der Waals surface area contributed by atoms with Gasteiger partial charge in [0.05, 0.1) is 12.2 Å². The maximum Gasteiger partial charge on any atom is 0.0726 e. The standard InChI is InChI=1S/C20H33N3O/c1-14-10-19(22-11-17-4-6-18(21)7-5-17)8-9-20(14)23-12-15(2)24-16(3)13-23/h8-10,15-18,22H,4-7,11-13,21H2,1-3H3/t15-,16+,17-,18-. The lowest BCUT2D eigenvalue weighted by molar-refractivity contribution is -0.00524. The molecule has 2 aliphatic rings. The van der Waals surface area contributed by atoms with Crippen LogP contribution >= 0.6 is 0 Å². The minimum atomic E-state index is 0.295. The third kappa shape index (κ3) is 4.42. The Bertz CT molecular complexity index is 530. The fourth-order valence-electron chi connectivity index (χ4n) is 4.15. The maximum atomic E-state index is 6.00. The topological polar surface area (TPSA) is 50.5 Å². The molecule has 2 fully saturated rings. The van der Waals surface area contributed by atoms with Gasteiger partial charge in [0.25, 0.3) is 0 Å². The van der Waals surface area contributed by atoms with E-state index in [1.807, 2.05) is 0 Å². The molecule has 1 aromatic rings. The van der Waals surface area contributed by atoms with Crippen molar-refractivity contribution in [2.24, 2.45) is 11.7 Å². The van der Waals surface area contributed by atoms with Crippen LogP contribution in [0.3, 0.4) is 0 Å². The van der Waals surface area contributed by atoms with Gasteiger partial charge in [0.1, 0.15) is 0 Å². The van der Waals surface area contributed by atoms with Crippen LogP contribution in [0.4, 0.5) is 11.4 Å². The maximum absolute atomic E-state index is 6.00. The zero-order valence-corrected chi connectivity index (χ0v) is 15.4. The number of nitrogens with two attached hydrogens (primary N) is 1. The van der Waals surface area contributed by atoms with Crippen molar-refractivity contribution >= 4 is 11.4 Å². The summed E-state index contributed by atoms with van der Waals surface area (Å²) in [5, 5.41) is 3.63. The summed E-state index contributed by atoms with van der Waals surface area (Å²) in [6, 6.07) is 7.20. The second-order valence-corrected chi connectivity index (χ2v) is 7.83. The van der Waals surface area contributed by atoms with Crippen molar-refractivity contribution in [3.63, 3.8) is 0 Å². The number of ether oxygens (including phenoxy) is 1. The molecule has 1 saturated carbocycles. The van der Waals surface area contributed by atoms with Gasteiger partial charge in [-0.25, -0.2) is 0 Å². The summed E-state index contributed by atoms with van der Waals surface area (Å²) in [6.45, 7) is 9.54. The Balaban J connectivity index is 1.58. The summed E-state index contributed by atoms with van der Waals surface area (Å²) < 4.78 is 5.85. The lowest BCUT2D eigenvalue weighted by atomic mass is 9.86. The third-order valence-corrected chi connectivity index (χ3v) is 5.44. The van der Waals surface area contributed by atoms with E-state index in [2.05, 4.69) is 49.2 Å². The SMILES string of the molecule is Cc1cc(NC[C@H]2CC[C@H](N)CC2)ccc1N1C[C@@H](C)O[C@@H](C)C1. The van der Waals surface area contributed by atoms with Gasteiger partial charge >= 0.3 is 0 Å². The molecule has 4 nitrogen and oxygen atoms in total. The Morgan fingerprint density at radius 1 is 1.12 bits per heavy atom. The molecule has 1 aromatic carbocycles. The number of nitrogens with zero attached hydrogens (tertiary/aromatic N) is 1. The van der Waals surface area contributed by atoms with Gasteiger partial charge in [-0.15, -0.1) is 0 Å². The number of nitrogens with one attached hydrogen (secondary N) is 1. The summed E-state index contributed by atoms with van der Waals surface area (Å²) >= 11 is 0.